The van der Waals surface area contributed by atoms with Gasteiger partial charge in [-0.05, 0) is 36.8 Å². The van der Waals surface area contributed by atoms with Gasteiger partial charge in [0.15, 0.2) is 0 Å². The van der Waals surface area contributed by atoms with Crippen LogP contribution in [0.4, 0.5) is 0 Å². The monoisotopic (exact) mass is 373 g/mol. The second-order valence-electron chi connectivity index (χ2n) is 6.47. The maximum atomic E-state index is 13.0. The topological polar surface area (TPSA) is 56.6 Å². The Morgan fingerprint density at radius 1 is 1.38 bits per heavy atom. The third kappa shape index (κ3) is 3.76. The number of ether oxygens (including phenoxy) is 2. The molecule has 0 saturated carbocycles. The van der Waals surface area contributed by atoms with Crippen LogP contribution >= 0.6 is 11.6 Å². The molecule has 4 rings (SSSR count). The van der Waals surface area contributed by atoms with Crippen molar-refractivity contribution in [1.82, 2.24) is 14.7 Å². The second-order valence-corrected chi connectivity index (χ2v) is 6.90. The molecule has 0 radical (unpaired) electrons. The second kappa shape index (κ2) is 7.51. The van der Waals surface area contributed by atoms with Crippen LogP contribution in [0.25, 0.3) is 6.08 Å². The lowest BCUT2D eigenvalue weighted by Crippen LogP contribution is -2.40. The molecule has 3 heterocycles. The van der Waals surface area contributed by atoms with E-state index < -0.39 is 0 Å². The SMILES string of the molecule is O=C(C1=Cc2cc(Cl)ccc2OC1)N1CCCOC(Cn2cccn2)C1. The minimum absolute atomic E-state index is 0.00779. The third-order valence-corrected chi connectivity index (χ3v) is 4.78. The summed E-state index contributed by atoms with van der Waals surface area (Å²) in [6.07, 6.45) is 6.26. The van der Waals surface area contributed by atoms with Crippen molar-refractivity contribution in [2.24, 2.45) is 0 Å². The highest BCUT2D eigenvalue weighted by molar-refractivity contribution is 6.30. The lowest BCUT2D eigenvalue weighted by Gasteiger charge is -2.26. The van der Waals surface area contributed by atoms with E-state index in [9.17, 15) is 4.79 Å². The molecule has 1 fully saturated rings. The lowest BCUT2D eigenvalue weighted by molar-refractivity contribution is -0.128. The van der Waals surface area contributed by atoms with E-state index in [1.807, 2.05) is 40.1 Å². The van der Waals surface area contributed by atoms with E-state index in [1.165, 1.54) is 0 Å². The fourth-order valence-electron chi connectivity index (χ4n) is 3.28. The molecule has 1 atom stereocenters. The first-order chi connectivity index (χ1) is 12.7. The van der Waals surface area contributed by atoms with Crippen molar-refractivity contribution >= 4 is 23.6 Å². The Hall–Kier alpha value is -2.31. The third-order valence-electron chi connectivity index (χ3n) is 4.55. The number of benzene rings is 1. The fraction of sp³-hybridized carbons (Fsp3) is 0.368. The van der Waals surface area contributed by atoms with Gasteiger partial charge in [-0.1, -0.05) is 11.6 Å². The summed E-state index contributed by atoms with van der Waals surface area (Å²) in [6, 6.07) is 7.31. The quantitative estimate of drug-likeness (QED) is 0.830. The van der Waals surface area contributed by atoms with Gasteiger partial charge in [-0.15, -0.1) is 0 Å². The van der Waals surface area contributed by atoms with E-state index in [4.69, 9.17) is 21.1 Å². The summed E-state index contributed by atoms with van der Waals surface area (Å²) < 4.78 is 13.5. The summed E-state index contributed by atoms with van der Waals surface area (Å²) in [4.78, 5) is 14.9. The molecule has 0 spiro atoms. The molecule has 2 aliphatic rings. The summed E-state index contributed by atoms with van der Waals surface area (Å²) in [5, 5.41) is 4.85. The van der Waals surface area contributed by atoms with E-state index in [0.29, 0.717) is 36.8 Å². The van der Waals surface area contributed by atoms with Crippen molar-refractivity contribution in [2.75, 3.05) is 26.3 Å². The predicted molar refractivity (Wildman–Crippen MR) is 98.1 cm³/mol. The van der Waals surface area contributed by atoms with E-state index >= 15 is 0 Å². The average Bonchev–Trinajstić information content (AvgIpc) is 3.04. The van der Waals surface area contributed by atoms with E-state index in [-0.39, 0.29) is 18.6 Å². The zero-order valence-corrected chi connectivity index (χ0v) is 15.1. The summed E-state index contributed by atoms with van der Waals surface area (Å²) in [6.45, 7) is 2.76. The number of amides is 1. The number of carbonyl (C=O) groups excluding carboxylic acids is 1. The van der Waals surface area contributed by atoms with Crippen molar-refractivity contribution < 1.29 is 14.3 Å². The van der Waals surface area contributed by atoms with Crippen molar-refractivity contribution in [3.05, 3.63) is 52.8 Å². The maximum Gasteiger partial charge on any atom is 0.253 e. The Balaban J connectivity index is 1.49. The molecule has 26 heavy (non-hydrogen) atoms. The molecule has 1 aromatic heterocycles. The Labute approximate surface area is 156 Å². The minimum Gasteiger partial charge on any atom is -0.488 e. The standard InChI is InChI=1S/C19H20ClN3O3/c20-16-3-4-18-14(10-16)9-15(13-26-18)19(24)22-6-2-8-25-17(11-22)12-23-7-1-5-21-23/h1,3-5,7,9-10,17H,2,6,8,11-13H2. The Morgan fingerprint density at radius 3 is 3.15 bits per heavy atom. The first kappa shape index (κ1) is 17.1. The molecule has 7 heteroatoms. The molecule has 0 bridgehead atoms. The van der Waals surface area contributed by atoms with Crippen LogP contribution in [0.1, 0.15) is 12.0 Å². The van der Waals surface area contributed by atoms with Crippen LogP contribution in [-0.4, -0.2) is 53.0 Å². The summed E-state index contributed by atoms with van der Waals surface area (Å²) >= 11 is 6.06. The van der Waals surface area contributed by atoms with E-state index in [1.54, 1.807) is 12.3 Å². The molecule has 1 saturated heterocycles. The molecular formula is C19H20ClN3O3. The number of rotatable bonds is 3. The zero-order valence-electron chi connectivity index (χ0n) is 14.3. The largest absolute Gasteiger partial charge is 0.488 e. The molecule has 136 valence electrons. The van der Waals surface area contributed by atoms with Gasteiger partial charge in [0.05, 0.1) is 18.2 Å². The number of aromatic nitrogens is 2. The smallest absolute Gasteiger partial charge is 0.253 e. The number of hydrogen-bond donors (Lipinski definition) is 0. The predicted octanol–water partition coefficient (Wildman–Crippen LogP) is 2.63. The molecule has 0 N–H and O–H groups in total. The molecule has 1 unspecified atom stereocenters. The van der Waals surface area contributed by atoms with Crippen LogP contribution in [0.5, 0.6) is 5.75 Å². The molecule has 1 amide bonds. The molecule has 6 nitrogen and oxygen atoms in total. The molecule has 1 aromatic carbocycles. The van der Waals surface area contributed by atoms with Crippen LogP contribution in [0.2, 0.25) is 5.02 Å². The van der Waals surface area contributed by atoms with Crippen molar-refractivity contribution in [3.8, 4) is 5.75 Å². The lowest BCUT2D eigenvalue weighted by atomic mass is 10.1. The highest BCUT2D eigenvalue weighted by atomic mass is 35.5. The maximum absolute atomic E-state index is 13.0. The van der Waals surface area contributed by atoms with Crippen LogP contribution in [0, 0.1) is 0 Å². The Morgan fingerprint density at radius 2 is 2.31 bits per heavy atom. The number of fused-ring (bicyclic) bond motifs is 1. The summed E-state index contributed by atoms with van der Waals surface area (Å²) in [5.41, 5.74) is 1.48. The van der Waals surface area contributed by atoms with E-state index in [0.717, 1.165) is 17.7 Å². The van der Waals surface area contributed by atoms with Gasteiger partial charge in [0, 0.05) is 42.7 Å². The number of nitrogens with zero attached hydrogens (tertiary/aromatic N) is 3. The number of carbonyl (C=O) groups is 1. The molecular weight excluding hydrogens is 354 g/mol. The van der Waals surface area contributed by atoms with Gasteiger partial charge in [0.1, 0.15) is 12.4 Å². The van der Waals surface area contributed by atoms with Gasteiger partial charge in [0.2, 0.25) is 0 Å². The average molecular weight is 374 g/mol. The van der Waals surface area contributed by atoms with Crippen LogP contribution in [0.15, 0.2) is 42.2 Å². The van der Waals surface area contributed by atoms with Crippen LogP contribution in [-0.2, 0) is 16.1 Å². The van der Waals surface area contributed by atoms with Gasteiger partial charge in [-0.2, -0.15) is 5.10 Å². The molecule has 2 aliphatic heterocycles. The zero-order chi connectivity index (χ0) is 17.9. The highest BCUT2D eigenvalue weighted by Gasteiger charge is 2.27. The van der Waals surface area contributed by atoms with Gasteiger partial charge >= 0.3 is 0 Å². The Bertz CT molecular complexity index is 819. The number of halogens is 1. The van der Waals surface area contributed by atoms with Crippen LogP contribution in [0.3, 0.4) is 0 Å². The van der Waals surface area contributed by atoms with Crippen molar-refractivity contribution in [1.29, 1.82) is 0 Å². The minimum atomic E-state index is -0.0758. The molecule has 2 aromatic rings. The van der Waals surface area contributed by atoms with Crippen molar-refractivity contribution in [3.63, 3.8) is 0 Å². The molecule has 0 aliphatic carbocycles. The normalized spacial score (nSPS) is 20.0. The Kier molecular flexibility index (Phi) is 4.95. The van der Waals surface area contributed by atoms with Gasteiger partial charge in [0.25, 0.3) is 5.91 Å². The van der Waals surface area contributed by atoms with E-state index in [2.05, 4.69) is 5.10 Å². The van der Waals surface area contributed by atoms with Gasteiger partial charge in [-0.3, -0.25) is 9.48 Å². The van der Waals surface area contributed by atoms with Gasteiger partial charge < -0.3 is 14.4 Å². The van der Waals surface area contributed by atoms with Crippen molar-refractivity contribution in [2.45, 2.75) is 19.1 Å². The van der Waals surface area contributed by atoms with Crippen LogP contribution < -0.4 is 4.74 Å². The van der Waals surface area contributed by atoms with Gasteiger partial charge in [-0.25, -0.2) is 0 Å². The summed E-state index contributed by atoms with van der Waals surface area (Å²) in [5.74, 6) is 0.744. The summed E-state index contributed by atoms with van der Waals surface area (Å²) in [7, 11) is 0. The number of hydrogen-bond acceptors (Lipinski definition) is 4. The first-order valence-electron chi connectivity index (χ1n) is 8.70. The first-order valence-corrected chi connectivity index (χ1v) is 9.08. The highest BCUT2D eigenvalue weighted by Crippen LogP contribution is 2.29. The fourth-order valence-corrected chi connectivity index (χ4v) is 3.46.